The maximum absolute atomic E-state index is 11.1. The third-order valence-electron chi connectivity index (χ3n) is 3.31. The van der Waals surface area contributed by atoms with Crippen molar-refractivity contribution in [2.24, 2.45) is 0 Å². The molecule has 0 aromatic heterocycles. The zero-order chi connectivity index (χ0) is 12.9. The summed E-state index contributed by atoms with van der Waals surface area (Å²) in [6.45, 7) is 3.86. The lowest BCUT2D eigenvalue weighted by Crippen LogP contribution is -2.19. The molecule has 0 spiro atoms. The SMILES string of the molecule is CCCCCCCCCCCC(OC)C(C)=O. The fraction of sp³-hybridized carbons (Fsp3) is 0.933. The molecule has 0 saturated carbocycles. The van der Waals surface area contributed by atoms with Crippen LogP contribution in [0.15, 0.2) is 0 Å². The second kappa shape index (κ2) is 12.1. The summed E-state index contributed by atoms with van der Waals surface area (Å²) in [7, 11) is 1.62. The Hall–Kier alpha value is -0.370. The molecule has 2 heteroatoms. The Morgan fingerprint density at radius 3 is 1.82 bits per heavy atom. The fourth-order valence-corrected chi connectivity index (χ4v) is 2.13. The predicted octanol–water partition coefficient (Wildman–Crippen LogP) is 4.51. The second-order valence-corrected chi connectivity index (χ2v) is 4.95. The van der Waals surface area contributed by atoms with Gasteiger partial charge in [0, 0.05) is 7.11 Å². The highest BCUT2D eigenvalue weighted by Gasteiger charge is 2.11. The molecule has 0 amide bonds. The van der Waals surface area contributed by atoms with Crippen molar-refractivity contribution >= 4 is 5.78 Å². The number of unbranched alkanes of at least 4 members (excludes halogenated alkanes) is 8. The molecular weight excluding hydrogens is 212 g/mol. The van der Waals surface area contributed by atoms with Crippen LogP contribution in [0.1, 0.15) is 78.1 Å². The van der Waals surface area contributed by atoms with E-state index in [2.05, 4.69) is 6.92 Å². The summed E-state index contributed by atoms with van der Waals surface area (Å²) in [4.78, 5) is 11.1. The van der Waals surface area contributed by atoms with E-state index < -0.39 is 0 Å². The summed E-state index contributed by atoms with van der Waals surface area (Å²) in [5.41, 5.74) is 0. The van der Waals surface area contributed by atoms with E-state index in [0.717, 1.165) is 12.8 Å². The molecule has 0 aromatic rings. The smallest absolute Gasteiger partial charge is 0.158 e. The van der Waals surface area contributed by atoms with E-state index in [9.17, 15) is 4.79 Å². The number of ether oxygens (including phenoxy) is 1. The van der Waals surface area contributed by atoms with E-state index in [1.54, 1.807) is 14.0 Å². The minimum absolute atomic E-state index is 0.159. The van der Waals surface area contributed by atoms with Crippen LogP contribution in [0.25, 0.3) is 0 Å². The Morgan fingerprint density at radius 2 is 1.41 bits per heavy atom. The van der Waals surface area contributed by atoms with Crippen molar-refractivity contribution in [3.8, 4) is 0 Å². The van der Waals surface area contributed by atoms with Crippen molar-refractivity contribution in [2.45, 2.75) is 84.2 Å². The van der Waals surface area contributed by atoms with Gasteiger partial charge in [-0.05, 0) is 13.3 Å². The zero-order valence-electron chi connectivity index (χ0n) is 12.0. The lowest BCUT2D eigenvalue weighted by molar-refractivity contribution is -0.127. The van der Waals surface area contributed by atoms with Crippen LogP contribution >= 0.6 is 0 Å². The highest BCUT2D eigenvalue weighted by molar-refractivity contribution is 5.80. The van der Waals surface area contributed by atoms with Crippen LogP contribution in [0.4, 0.5) is 0 Å². The predicted molar refractivity (Wildman–Crippen MR) is 73.3 cm³/mol. The average Bonchev–Trinajstić information content (AvgIpc) is 2.31. The largest absolute Gasteiger partial charge is 0.374 e. The van der Waals surface area contributed by atoms with Gasteiger partial charge in [0.2, 0.25) is 0 Å². The Morgan fingerprint density at radius 1 is 0.941 bits per heavy atom. The first-order chi connectivity index (χ1) is 8.22. The van der Waals surface area contributed by atoms with E-state index in [-0.39, 0.29) is 11.9 Å². The topological polar surface area (TPSA) is 26.3 Å². The van der Waals surface area contributed by atoms with Crippen molar-refractivity contribution in [3.05, 3.63) is 0 Å². The van der Waals surface area contributed by atoms with Gasteiger partial charge < -0.3 is 4.74 Å². The molecule has 0 aliphatic carbocycles. The van der Waals surface area contributed by atoms with Crippen LogP contribution in [0.5, 0.6) is 0 Å². The van der Waals surface area contributed by atoms with Gasteiger partial charge in [-0.25, -0.2) is 0 Å². The van der Waals surface area contributed by atoms with Crippen LogP contribution < -0.4 is 0 Å². The van der Waals surface area contributed by atoms with E-state index in [1.807, 2.05) is 0 Å². The number of ketones is 1. The molecule has 0 fully saturated rings. The first-order valence-electron chi connectivity index (χ1n) is 7.25. The minimum Gasteiger partial charge on any atom is -0.374 e. The highest BCUT2D eigenvalue weighted by atomic mass is 16.5. The van der Waals surface area contributed by atoms with E-state index in [1.165, 1.54) is 51.4 Å². The first-order valence-corrected chi connectivity index (χ1v) is 7.25. The molecule has 2 nitrogen and oxygen atoms in total. The molecule has 0 aromatic carbocycles. The van der Waals surface area contributed by atoms with Crippen molar-refractivity contribution < 1.29 is 9.53 Å². The van der Waals surface area contributed by atoms with Gasteiger partial charge in [0.25, 0.3) is 0 Å². The number of methoxy groups -OCH3 is 1. The summed E-state index contributed by atoms with van der Waals surface area (Å²) in [5, 5.41) is 0. The van der Waals surface area contributed by atoms with Crippen LogP contribution in [-0.4, -0.2) is 19.0 Å². The standard InChI is InChI=1S/C15H30O2/c1-4-5-6-7-8-9-10-11-12-13-15(17-3)14(2)16/h15H,4-13H2,1-3H3. The summed E-state index contributed by atoms with van der Waals surface area (Å²) in [6.07, 6.45) is 12.6. The second-order valence-electron chi connectivity index (χ2n) is 4.95. The highest BCUT2D eigenvalue weighted by Crippen LogP contribution is 2.12. The van der Waals surface area contributed by atoms with Crippen LogP contribution in [0.3, 0.4) is 0 Å². The fourth-order valence-electron chi connectivity index (χ4n) is 2.13. The molecule has 0 rings (SSSR count). The zero-order valence-corrected chi connectivity index (χ0v) is 12.0. The monoisotopic (exact) mass is 242 g/mol. The number of rotatable bonds is 12. The van der Waals surface area contributed by atoms with E-state index in [4.69, 9.17) is 4.74 Å². The van der Waals surface area contributed by atoms with Crippen molar-refractivity contribution in [1.82, 2.24) is 0 Å². The third kappa shape index (κ3) is 10.5. The number of carbonyl (C=O) groups is 1. The lowest BCUT2D eigenvalue weighted by atomic mass is 10.0. The van der Waals surface area contributed by atoms with Crippen molar-refractivity contribution in [1.29, 1.82) is 0 Å². The average molecular weight is 242 g/mol. The quantitative estimate of drug-likeness (QED) is 0.471. The maximum Gasteiger partial charge on any atom is 0.158 e. The van der Waals surface area contributed by atoms with Gasteiger partial charge in [0.15, 0.2) is 5.78 Å². The molecule has 0 aliphatic rings. The summed E-state index contributed by atoms with van der Waals surface area (Å²) >= 11 is 0. The molecule has 102 valence electrons. The van der Waals surface area contributed by atoms with Gasteiger partial charge >= 0.3 is 0 Å². The molecule has 1 unspecified atom stereocenters. The van der Waals surface area contributed by atoms with Crippen molar-refractivity contribution in [3.63, 3.8) is 0 Å². The molecule has 0 heterocycles. The number of Topliss-reactive ketones (excluding diaryl/α,β-unsaturated/α-hetero) is 1. The van der Waals surface area contributed by atoms with Gasteiger partial charge in [0.1, 0.15) is 6.10 Å². The Labute approximate surface area is 107 Å². The van der Waals surface area contributed by atoms with Gasteiger partial charge in [-0.1, -0.05) is 64.7 Å². The molecular formula is C15H30O2. The maximum atomic E-state index is 11.1. The van der Waals surface area contributed by atoms with E-state index in [0.29, 0.717) is 0 Å². The number of hydrogen-bond donors (Lipinski definition) is 0. The van der Waals surface area contributed by atoms with Crippen molar-refractivity contribution in [2.75, 3.05) is 7.11 Å². The van der Waals surface area contributed by atoms with Gasteiger partial charge in [-0.2, -0.15) is 0 Å². The summed E-state index contributed by atoms with van der Waals surface area (Å²) in [5.74, 6) is 0.159. The van der Waals surface area contributed by atoms with Gasteiger partial charge in [0.05, 0.1) is 0 Å². The number of carbonyl (C=O) groups excluding carboxylic acids is 1. The molecule has 0 radical (unpaired) electrons. The molecule has 1 atom stereocenters. The Bertz CT molecular complexity index is 178. The lowest BCUT2D eigenvalue weighted by Gasteiger charge is -2.11. The van der Waals surface area contributed by atoms with Crippen LogP contribution in [-0.2, 0) is 9.53 Å². The molecule has 0 aliphatic heterocycles. The molecule has 0 saturated heterocycles. The molecule has 0 N–H and O–H groups in total. The Balaban J connectivity index is 3.20. The molecule has 17 heavy (non-hydrogen) atoms. The van der Waals surface area contributed by atoms with E-state index >= 15 is 0 Å². The van der Waals surface area contributed by atoms with Gasteiger partial charge in [-0.3, -0.25) is 4.79 Å². The van der Waals surface area contributed by atoms with Gasteiger partial charge in [-0.15, -0.1) is 0 Å². The minimum atomic E-state index is -0.167. The first kappa shape index (κ1) is 16.6. The summed E-state index contributed by atoms with van der Waals surface area (Å²) in [6, 6.07) is 0. The Kier molecular flexibility index (Phi) is 11.8. The number of hydrogen-bond acceptors (Lipinski definition) is 2. The normalized spacial score (nSPS) is 12.6. The third-order valence-corrected chi connectivity index (χ3v) is 3.31. The van der Waals surface area contributed by atoms with Crippen LogP contribution in [0.2, 0.25) is 0 Å². The van der Waals surface area contributed by atoms with Crippen LogP contribution in [0, 0.1) is 0 Å². The summed E-state index contributed by atoms with van der Waals surface area (Å²) < 4.78 is 5.13. The molecule has 0 bridgehead atoms.